The number of aryl methyl sites for hydroxylation is 1. The van der Waals surface area contributed by atoms with Gasteiger partial charge in [-0.2, -0.15) is 8.78 Å². The normalized spacial score (nSPS) is 11.5. The largest absolute Gasteiger partial charge is 0.491 e. The molecule has 164 valence electrons. The summed E-state index contributed by atoms with van der Waals surface area (Å²) in [6, 6.07) is 12.8. The number of hydrogen-bond donors (Lipinski definition) is 2. The first-order valence-corrected chi connectivity index (χ1v) is 9.79. The summed E-state index contributed by atoms with van der Waals surface area (Å²) in [7, 11) is 1.63. The van der Waals surface area contributed by atoms with Crippen molar-refractivity contribution in [3.05, 3.63) is 59.2 Å². The van der Waals surface area contributed by atoms with Gasteiger partial charge in [-0.05, 0) is 37.6 Å². The highest BCUT2D eigenvalue weighted by molar-refractivity contribution is 5.79. The highest BCUT2D eigenvalue weighted by Crippen LogP contribution is 2.22. The van der Waals surface area contributed by atoms with Gasteiger partial charge in [0.1, 0.15) is 18.1 Å². The summed E-state index contributed by atoms with van der Waals surface area (Å²) in [6.07, 6.45) is 0. The van der Waals surface area contributed by atoms with Gasteiger partial charge in [0.2, 0.25) is 0 Å². The van der Waals surface area contributed by atoms with Crippen LogP contribution in [0.25, 0.3) is 0 Å². The second-order valence-electron chi connectivity index (χ2n) is 6.53. The summed E-state index contributed by atoms with van der Waals surface area (Å²) >= 11 is 0. The maximum Gasteiger partial charge on any atom is 0.387 e. The number of nitrogens with zero attached hydrogens (tertiary/aromatic N) is 1. The van der Waals surface area contributed by atoms with Gasteiger partial charge in [0.05, 0.1) is 13.2 Å². The fourth-order valence-corrected chi connectivity index (χ4v) is 2.72. The van der Waals surface area contributed by atoms with Gasteiger partial charge in [-0.1, -0.05) is 29.8 Å². The molecule has 0 aliphatic rings. The van der Waals surface area contributed by atoms with Crippen LogP contribution in [-0.2, 0) is 17.8 Å². The van der Waals surface area contributed by atoms with E-state index < -0.39 is 6.61 Å². The van der Waals surface area contributed by atoms with E-state index in [4.69, 9.17) is 9.47 Å². The molecule has 6 nitrogen and oxygen atoms in total. The second kappa shape index (κ2) is 12.6. The molecule has 30 heavy (non-hydrogen) atoms. The average molecular weight is 421 g/mol. The molecule has 0 aliphatic heterocycles. The molecule has 0 bridgehead atoms. The Labute approximate surface area is 176 Å². The molecule has 0 radical (unpaired) electrons. The van der Waals surface area contributed by atoms with Crippen LogP contribution in [0.1, 0.15) is 23.6 Å². The molecular formula is C22H29F2N3O3. The topological polar surface area (TPSA) is 64.1 Å². The van der Waals surface area contributed by atoms with E-state index in [0.717, 1.165) is 16.9 Å². The van der Waals surface area contributed by atoms with Crippen molar-refractivity contribution in [3.63, 3.8) is 0 Å². The van der Waals surface area contributed by atoms with Crippen LogP contribution in [0.3, 0.4) is 0 Å². The fraction of sp³-hybridized carbons (Fsp3) is 0.409. The first-order chi connectivity index (χ1) is 14.5. The minimum Gasteiger partial charge on any atom is -0.491 e. The van der Waals surface area contributed by atoms with Gasteiger partial charge in [-0.25, -0.2) is 4.99 Å². The van der Waals surface area contributed by atoms with Crippen LogP contribution in [-0.4, -0.2) is 39.4 Å². The summed E-state index contributed by atoms with van der Waals surface area (Å²) in [6.45, 7) is 3.39. The van der Waals surface area contributed by atoms with E-state index >= 15 is 0 Å². The molecule has 2 rings (SSSR count). The number of alkyl halides is 2. The molecule has 0 spiro atoms. The van der Waals surface area contributed by atoms with Crippen molar-refractivity contribution >= 4 is 5.96 Å². The van der Waals surface area contributed by atoms with E-state index in [1.54, 1.807) is 19.2 Å². The Morgan fingerprint density at radius 2 is 1.93 bits per heavy atom. The molecule has 0 heterocycles. The predicted octanol–water partition coefficient (Wildman–Crippen LogP) is 3.88. The lowest BCUT2D eigenvalue weighted by Crippen LogP contribution is -2.36. The Hall–Kier alpha value is -2.87. The number of aliphatic imine (C=N–C) groups is 1. The van der Waals surface area contributed by atoms with Gasteiger partial charge in [0.25, 0.3) is 0 Å². The van der Waals surface area contributed by atoms with Crippen molar-refractivity contribution in [2.24, 2.45) is 4.99 Å². The van der Waals surface area contributed by atoms with Crippen LogP contribution in [0.5, 0.6) is 11.5 Å². The summed E-state index contributed by atoms with van der Waals surface area (Å²) in [5.41, 5.74) is 2.58. The lowest BCUT2D eigenvalue weighted by atomic mass is 10.1. The molecule has 8 heteroatoms. The minimum atomic E-state index is -2.87. The van der Waals surface area contributed by atoms with Gasteiger partial charge in [0.15, 0.2) is 5.96 Å². The van der Waals surface area contributed by atoms with Crippen LogP contribution in [0.4, 0.5) is 8.78 Å². The Morgan fingerprint density at radius 3 is 2.67 bits per heavy atom. The quantitative estimate of drug-likeness (QED) is 0.328. The van der Waals surface area contributed by atoms with E-state index in [2.05, 4.69) is 20.4 Å². The molecule has 0 aromatic heterocycles. The predicted molar refractivity (Wildman–Crippen MR) is 113 cm³/mol. The SMILES string of the molecule is CCNC(=NCc1cccc(OCCOC)c1)NCc1cc(C)ccc1OC(F)F. The van der Waals surface area contributed by atoms with Crippen molar-refractivity contribution in [3.8, 4) is 11.5 Å². The number of guanidine groups is 1. The average Bonchev–Trinajstić information content (AvgIpc) is 2.72. The fourth-order valence-electron chi connectivity index (χ4n) is 2.72. The molecule has 0 unspecified atom stereocenters. The third-order valence-electron chi connectivity index (χ3n) is 4.10. The molecule has 2 N–H and O–H groups in total. The van der Waals surface area contributed by atoms with E-state index in [1.807, 2.05) is 44.2 Å². The van der Waals surface area contributed by atoms with Crippen LogP contribution < -0.4 is 20.1 Å². The summed E-state index contributed by atoms with van der Waals surface area (Å²) in [5, 5.41) is 6.33. The van der Waals surface area contributed by atoms with E-state index in [9.17, 15) is 8.78 Å². The van der Waals surface area contributed by atoms with Crippen LogP contribution in [0, 0.1) is 6.92 Å². The highest BCUT2D eigenvalue weighted by Gasteiger charge is 2.10. The maximum absolute atomic E-state index is 12.7. The summed E-state index contributed by atoms with van der Waals surface area (Å²) in [5.74, 6) is 1.49. The van der Waals surface area contributed by atoms with Crippen molar-refractivity contribution < 1.29 is 23.0 Å². The van der Waals surface area contributed by atoms with E-state index in [0.29, 0.717) is 44.4 Å². The smallest absolute Gasteiger partial charge is 0.387 e. The number of rotatable bonds is 11. The van der Waals surface area contributed by atoms with Gasteiger partial charge in [0, 0.05) is 25.8 Å². The summed E-state index contributed by atoms with van der Waals surface area (Å²) in [4.78, 5) is 4.57. The van der Waals surface area contributed by atoms with Crippen LogP contribution >= 0.6 is 0 Å². The van der Waals surface area contributed by atoms with Gasteiger partial charge in [-0.3, -0.25) is 0 Å². The third-order valence-corrected chi connectivity index (χ3v) is 4.10. The highest BCUT2D eigenvalue weighted by atomic mass is 19.3. The molecule has 2 aromatic carbocycles. The zero-order valence-corrected chi connectivity index (χ0v) is 17.6. The van der Waals surface area contributed by atoms with Crippen LogP contribution in [0.2, 0.25) is 0 Å². The number of methoxy groups -OCH3 is 1. The Bertz CT molecular complexity index is 816. The Balaban J connectivity index is 2.03. The minimum absolute atomic E-state index is 0.153. The molecule has 2 aromatic rings. The molecule has 0 atom stereocenters. The third kappa shape index (κ3) is 8.24. The van der Waals surface area contributed by atoms with Crippen molar-refractivity contribution in [2.45, 2.75) is 33.5 Å². The van der Waals surface area contributed by atoms with Crippen LogP contribution in [0.15, 0.2) is 47.5 Å². The number of nitrogens with one attached hydrogen (secondary N) is 2. The zero-order valence-electron chi connectivity index (χ0n) is 17.6. The first-order valence-electron chi connectivity index (χ1n) is 9.79. The van der Waals surface area contributed by atoms with Crippen molar-refractivity contribution in [1.82, 2.24) is 10.6 Å². The van der Waals surface area contributed by atoms with Crippen molar-refractivity contribution in [1.29, 1.82) is 0 Å². The number of hydrogen-bond acceptors (Lipinski definition) is 4. The Morgan fingerprint density at radius 1 is 1.10 bits per heavy atom. The summed E-state index contributed by atoms with van der Waals surface area (Å²) < 4.78 is 40.6. The van der Waals surface area contributed by atoms with Gasteiger partial charge < -0.3 is 24.8 Å². The van der Waals surface area contributed by atoms with E-state index in [-0.39, 0.29) is 5.75 Å². The number of halogens is 2. The molecule has 0 fully saturated rings. The molecule has 0 saturated heterocycles. The number of ether oxygens (including phenoxy) is 3. The lowest BCUT2D eigenvalue weighted by molar-refractivity contribution is -0.0504. The standard InChI is InChI=1S/C22H29F2N3O3/c1-4-25-22(26-14-17-6-5-7-19(13-17)29-11-10-28-3)27-15-18-12-16(2)8-9-20(18)30-21(23)24/h5-9,12-13,21H,4,10-11,14-15H2,1-3H3,(H2,25,26,27). The Kier molecular flexibility index (Phi) is 9.86. The lowest BCUT2D eigenvalue weighted by Gasteiger charge is -2.15. The van der Waals surface area contributed by atoms with E-state index in [1.165, 1.54) is 0 Å². The monoisotopic (exact) mass is 421 g/mol. The second-order valence-corrected chi connectivity index (χ2v) is 6.53. The van der Waals surface area contributed by atoms with Gasteiger partial charge in [-0.15, -0.1) is 0 Å². The maximum atomic E-state index is 12.7. The molecule has 0 amide bonds. The number of benzene rings is 2. The zero-order chi connectivity index (χ0) is 21.8. The molecule has 0 aliphatic carbocycles. The van der Waals surface area contributed by atoms with Crippen molar-refractivity contribution in [2.75, 3.05) is 26.9 Å². The first kappa shape index (κ1) is 23.4. The molecule has 0 saturated carbocycles. The van der Waals surface area contributed by atoms with Gasteiger partial charge >= 0.3 is 6.61 Å². The molecular weight excluding hydrogens is 392 g/mol.